The molecule has 0 aliphatic rings. The Kier molecular flexibility index (Phi) is 9.53. The Morgan fingerprint density at radius 2 is 0.500 bits per heavy atom. The van der Waals surface area contributed by atoms with E-state index in [2.05, 4.69) is 48.5 Å². The Labute approximate surface area is 205 Å². The minimum Gasteiger partial charge on any atom is -0.391 e. The minimum absolute atomic E-state index is 1.12. The van der Waals surface area contributed by atoms with Gasteiger partial charge in [-0.3, -0.25) is 0 Å². The van der Waals surface area contributed by atoms with Gasteiger partial charge in [-0.05, 0) is 20.7 Å². The van der Waals surface area contributed by atoms with E-state index >= 15 is 0 Å². The third-order valence-electron chi connectivity index (χ3n) is 5.77. The lowest BCUT2D eigenvalue weighted by molar-refractivity contribution is 0.272. The Morgan fingerprint density at radius 1 is 0.324 bits per heavy atom. The van der Waals surface area contributed by atoms with Crippen molar-refractivity contribution in [1.82, 2.24) is 0 Å². The maximum atomic E-state index is 5.78. The average molecular weight is 489 g/mol. The van der Waals surface area contributed by atoms with E-state index in [0.29, 0.717) is 0 Å². The van der Waals surface area contributed by atoms with E-state index in [-0.39, 0.29) is 0 Å². The zero-order chi connectivity index (χ0) is 24.3. The minimum atomic E-state index is -2.50. The van der Waals surface area contributed by atoms with Crippen molar-refractivity contribution in [3.63, 3.8) is 0 Å². The molecule has 0 aliphatic heterocycles. The second kappa shape index (κ2) is 12.6. The zero-order valence-electron chi connectivity index (χ0n) is 20.2. The summed E-state index contributed by atoms with van der Waals surface area (Å²) in [7, 11) is 1.88. The molecule has 0 saturated carbocycles. The van der Waals surface area contributed by atoms with Gasteiger partial charge in [0.2, 0.25) is 0 Å². The fourth-order valence-electron chi connectivity index (χ4n) is 4.07. The molecule has 0 atom stereocenters. The third-order valence-corrected chi connectivity index (χ3v) is 12.4. The molecule has 0 bridgehead atoms. The van der Waals surface area contributed by atoms with E-state index < -0.39 is 17.1 Å². The highest BCUT2D eigenvalue weighted by molar-refractivity contribution is 6.93. The predicted octanol–water partition coefficient (Wildman–Crippen LogP) is 3.07. The van der Waals surface area contributed by atoms with Crippen LogP contribution in [0.4, 0.5) is 0 Å². The summed E-state index contributed by atoms with van der Waals surface area (Å²) in [4.78, 5) is 0. The molecule has 0 amide bonds. The molecule has 4 rings (SSSR count). The normalized spacial score (nSPS) is 11.4. The molecule has 34 heavy (non-hydrogen) atoms. The summed E-state index contributed by atoms with van der Waals surface area (Å²) in [6, 6.07) is 40.6. The van der Waals surface area contributed by atoms with E-state index in [1.54, 1.807) is 28.4 Å². The zero-order valence-corrected chi connectivity index (χ0v) is 22.2. The second-order valence-electron chi connectivity index (χ2n) is 7.51. The first-order chi connectivity index (χ1) is 16.7. The molecule has 0 aliphatic carbocycles. The molecule has 176 valence electrons. The molecule has 0 radical (unpaired) electrons. The lowest BCUT2D eigenvalue weighted by Crippen LogP contribution is -2.62. The first kappa shape index (κ1) is 25.8. The van der Waals surface area contributed by atoms with Crippen LogP contribution in [-0.4, -0.2) is 45.6 Å². The predicted molar refractivity (Wildman–Crippen MR) is 144 cm³/mol. The van der Waals surface area contributed by atoms with Crippen LogP contribution in [0.3, 0.4) is 0 Å². The molecule has 4 aromatic carbocycles. The fraction of sp³-hybridized carbons (Fsp3) is 0.143. The summed E-state index contributed by atoms with van der Waals surface area (Å²) >= 11 is 0. The van der Waals surface area contributed by atoms with Gasteiger partial charge in [0.25, 0.3) is 0 Å². The van der Waals surface area contributed by atoms with Crippen molar-refractivity contribution in [2.75, 3.05) is 28.4 Å². The SMILES string of the molecule is CO[Si](OC)(c1ccccc1)c1ccccc1.CO[Si](OC)(c1ccccc1)c1ccccc1. The van der Waals surface area contributed by atoms with Crippen molar-refractivity contribution >= 4 is 37.9 Å². The lowest BCUT2D eigenvalue weighted by Gasteiger charge is -2.27. The molecule has 4 nitrogen and oxygen atoms in total. The highest BCUT2D eigenvalue weighted by atomic mass is 28.4. The van der Waals surface area contributed by atoms with Gasteiger partial charge in [0.15, 0.2) is 0 Å². The first-order valence-corrected chi connectivity index (χ1v) is 14.7. The van der Waals surface area contributed by atoms with Crippen LogP contribution in [0.25, 0.3) is 0 Å². The lowest BCUT2D eigenvalue weighted by atomic mass is 10.4. The fourth-order valence-corrected chi connectivity index (χ4v) is 9.48. The summed E-state index contributed by atoms with van der Waals surface area (Å²) in [5, 5.41) is 4.49. The van der Waals surface area contributed by atoms with Crippen molar-refractivity contribution in [3.8, 4) is 0 Å². The molecule has 4 aromatic rings. The van der Waals surface area contributed by atoms with E-state index in [1.165, 1.54) is 0 Å². The van der Waals surface area contributed by atoms with Crippen LogP contribution < -0.4 is 20.7 Å². The van der Waals surface area contributed by atoms with Gasteiger partial charge in [0, 0.05) is 28.4 Å². The largest absolute Gasteiger partial charge is 0.406 e. The van der Waals surface area contributed by atoms with Crippen molar-refractivity contribution in [3.05, 3.63) is 121 Å². The second-order valence-corrected chi connectivity index (χ2v) is 13.9. The number of hydrogen-bond acceptors (Lipinski definition) is 4. The van der Waals surface area contributed by atoms with Crippen LogP contribution in [0.5, 0.6) is 0 Å². The smallest absolute Gasteiger partial charge is 0.391 e. The van der Waals surface area contributed by atoms with E-state index in [0.717, 1.165) is 20.7 Å². The van der Waals surface area contributed by atoms with E-state index in [4.69, 9.17) is 17.7 Å². The van der Waals surface area contributed by atoms with Gasteiger partial charge >= 0.3 is 17.1 Å². The third kappa shape index (κ3) is 5.44. The molecule has 0 spiro atoms. The van der Waals surface area contributed by atoms with Gasteiger partial charge in [-0.2, -0.15) is 0 Å². The monoisotopic (exact) mass is 488 g/mol. The van der Waals surface area contributed by atoms with E-state index in [1.807, 2.05) is 72.8 Å². The van der Waals surface area contributed by atoms with Gasteiger partial charge < -0.3 is 17.7 Å². The molecule has 0 fully saturated rings. The van der Waals surface area contributed by atoms with Crippen molar-refractivity contribution in [2.45, 2.75) is 0 Å². The summed E-state index contributed by atoms with van der Waals surface area (Å²) < 4.78 is 23.1. The summed E-state index contributed by atoms with van der Waals surface area (Å²) in [6.45, 7) is 0. The maximum Gasteiger partial charge on any atom is 0.406 e. The summed E-state index contributed by atoms with van der Waals surface area (Å²) in [5.74, 6) is 0. The van der Waals surface area contributed by atoms with Crippen LogP contribution in [0.2, 0.25) is 0 Å². The Balaban J connectivity index is 0.000000191. The topological polar surface area (TPSA) is 36.9 Å². The maximum absolute atomic E-state index is 5.78. The molecular weight excluding hydrogens is 456 g/mol. The first-order valence-electron chi connectivity index (χ1n) is 11.1. The van der Waals surface area contributed by atoms with Crippen molar-refractivity contribution in [2.24, 2.45) is 0 Å². The molecule has 0 saturated heterocycles. The van der Waals surface area contributed by atoms with Crippen molar-refractivity contribution in [1.29, 1.82) is 0 Å². The van der Waals surface area contributed by atoms with Crippen LogP contribution in [-0.2, 0) is 17.7 Å². The number of hydrogen-bond donors (Lipinski definition) is 0. The van der Waals surface area contributed by atoms with Crippen LogP contribution >= 0.6 is 0 Å². The molecule has 0 aromatic heterocycles. The van der Waals surface area contributed by atoms with Crippen LogP contribution in [0.1, 0.15) is 0 Å². The number of benzene rings is 4. The molecule has 6 heteroatoms. The van der Waals surface area contributed by atoms with Gasteiger partial charge in [0.05, 0.1) is 0 Å². The molecule has 0 heterocycles. The summed E-state index contributed by atoms with van der Waals surface area (Å²) in [6.07, 6.45) is 0. The highest BCUT2D eigenvalue weighted by Gasteiger charge is 2.41. The van der Waals surface area contributed by atoms with Crippen molar-refractivity contribution < 1.29 is 17.7 Å². The number of rotatable bonds is 8. The Hall–Kier alpha value is -2.85. The quantitative estimate of drug-likeness (QED) is 0.357. The van der Waals surface area contributed by atoms with Gasteiger partial charge in [0.1, 0.15) is 0 Å². The van der Waals surface area contributed by atoms with Gasteiger partial charge in [-0.1, -0.05) is 121 Å². The molecule has 0 unspecified atom stereocenters. The average Bonchev–Trinajstić information content (AvgIpc) is 2.94. The molecule has 0 N–H and O–H groups in total. The Bertz CT molecular complexity index is 912. The van der Waals surface area contributed by atoms with Gasteiger partial charge in [-0.15, -0.1) is 0 Å². The van der Waals surface area contributed by atoms with Crippen LogP contribution in [0.15, 0.2) is 121 Å². The van der Waals surface area contributed by atoms with Gasteiger partial charge in [-0.25, -0.2) is 0 Å². The Morgan fingerprint density at radius 3 is 0.647 bits per heavy atom. The molecular formula is C28H32O4Si2. The van der Waals surface area contributed by atoms with E-state index in [9.17, 15) is 0 Å². The highest BCUT2D eigenvalue weighted by Crippen LogP contribution is 2.08. The van der Waals surface area contributed by atoms with Crippen LogP contribution in [0, 0.1) is 0 Å². The summed E-state index contributed by atoms with van der Waals surface area (Å²) in [5.41, 5.74) is 0. The standard InChI is InChI=1S/2C14H16O2Si/c2*1-15-17(16-2,13-9-5-3-6-10-13)14-11-7-4-8-12-14/h2*3-12H,1-2H3.